The number of benzene rings is 1. The fraction of sp³-hybridized carbons (Fsp3) is 0.364. The van der Waals surface area contributed by atoms with E-state index in [1.54, 1.807) is 0 Å². The van der Waals surface area contributed by atoms with Crippen LogP contribution in [-0.4, -0.2) is 29.9 Å². The lowest BCUT2D eigenvalue weighted by Crippen LogP contribution is -2.64. The van der Waals surface area contributed by atoms with Gasteiger partial charge in [0.1, 0.15) is 5.82 Å². The molecule has 1 N–H and O–H groups in total. The van der Waals surface area contributed by atoms with Crippen molar-refractivity contribution in [2.75, 3.05) is 5.32 Å². The summed E-state index contributed by atoms with van der Waals surface area (Å²) >= 11 is 0. The van der Waals surface area contributed by atoms with Gasteiger partial charge in [-0.15, -0.1) is 0 Å². The maximum absolute atomic E-state index is 13.2. The van der Waals surface area contributed by atoms with Crippen LogP contribution in [0.4, 0.5) is 49.6 Å². The van der Waals surface area contributed by atoms with Crippen LogP contribution in [0.2, 0.25) is 0 Å². The predicted octanol–water partition coefficient (Wildman–Crippen LogP) is 4.23. The van der Waals surface area contributed by atoms with E-state index in [1.807, 2.05) is 0 Å². The lowest BCUT2D eigenvalue weighted by Gasteiger charge is -2.32. The number of carbonyl (C=O) groups is 1. The molecule has 1 amide bonds. The molecule has 0 aliphatic carbocycles. The van der Waals surface area contributed by atoms with E-state index in [4.69, 9.17) is 0 Å². The molecular weight excluding hydrogens is 352 g/mol. The number of anilines is 1. The van der Waals surface area contributed by atoms with Crippen molar-refractivity contribution in [1.29, 1.82) is 0 Å². The predicted molar refractivity (Wildman–Crippen MR) is 55.9 cm³/mol. The molecule has 1 aromatic carbocycles. The lowest BCUT2D eigenvalue weighted by molar-refractivity contribution is -0.388. The van der Waals surface area contributed by atoms with Gasteiger partial charge in [-0.1, -0.05) is 12.1 Å². The van der Waals surface area contributed by atoms with Gasteiger partial charge in [-0.05, 0) is 12.1 Å². The first-order valence-corrected chi connectivity index (χ1v) is 5.42. The van der Waals surface area contributed by atoms with Gasteiger partial charge in [0.2, 0.25) is 0 Å². The molecule has 0 saturated carbocycles. The van der Waals surface area contributed by atoms with E-state index in [0.717, 1.165) is 17.4 Å². The molecule has 0 bridgehead atoms. The van der Waals surface area contributed by atoms with E-state index in [2.05, 4.69) is 0 Å². The number of amides is 1. The maximum atomic E-state index is 13.2. The van der Waals surface area contributed by atoms with Gasteiger partial charge in [-0.3, -0.25) is 4.79 Å². The minimum atomic E-state index is -7.20. The highest BCUT2D eigenvalue weighted by molar-refractivity contribution is 5.97. The van der Waals surface area contributed by atoms with Crippen molar-refractivity contribution in [2.24, 2.45) is 0 Å². The van der Waals surface area contributed by atoms with E-state index < -0.39 is 41.4 Å². The third-order valence-electron chi connectivity index (χ3n) is 2.55. The molecule has 0 aliphatic heterocycles. The lowest BCUT2D eigenvalue weighted by atomic mass is 10.0. The molecule has 0 atom stereocenters. The van der Waals surface area contributed by atoms with E-state index in [1.165, 1.54) is 0 Å². The maximum Gasteiger partial charge on any atom is 0.460 e. The molecule has 12 heteroatoms. The topological polar surface area (TPSA) is 29.1 Å². The average molecular weight is 357 g/mol. The molecule has 2 nitrogen and oxygen atoms in total. The van der Waals surface area contributed by atoms with Crippen LogP contribution >= 0.6 is 0 Å². The molecule has 1 aromatic rings. The number of para-hydroxylation sites is 1. The summed E-state index contributed by atoms with van der Waals surface area (Å²) in [6, 6.07) is 3.16. The minimum absolute atomic E-state index is 0.593. The Balaban J connectivity index is 3.19. The molecule has 0 spiro atoms. The van der Waals surface area contributed by atoms with Crippen LogP contribution in [0.15, 0.2) is 24.3 Å². The van der Waals surface area contributed by atoms with Gasteiger partial charge in [0, 0.05) is 0 Å². The molecular formula is C11H5F10NO. The number of rotatable bonds is 4. The quantitative estimate of drug-likeness (QED) is 0.803. The monoisotopic (exact) mass is 357 g/mol. The molecule has 0 unspecified atom stereocenters. The highest BCUT2D eigenvalue weighted by Gasteiger charge is 2.83. The van der Waals surface area contributed by atoms with E-state index in [9.17, 15) is 48.7 Å². The van der Waals surface area contributed by atoms with Gasteiger partial charge in [-0.2, -0.15) is 39.5 Å². The first-order valence-electron chi connectivity index (χ1n) is 5.42. The van der Waals surface area contributed by atoms with Crippen molar-refractivity contribution in [1.82, 2.24) is 0 Å². The molecule has 0 saturated heterocycles. The second-order valence-electron chi connectivity index (χ2n) is 4.15. The van der Waals surface area contributed by atoms with E-state index in [-0.39, 0.29) is 0 Å². The Hall–Kier alpha value is -2.01. The molecule has 0 radical (unpaired) electrons. The molecule has 0 aliphatic rings. The Morgan fingerprint density at radius 1 is 0.826 bits per heavy atom. The van der Waals surface area contributed by atoms with Crippen LogP contribution in [0.3, 0.4) is 0 Å². The van der Waals surface area contributed by atoms with Crippen molar-refractivity contribution in [3.63, 3.8) is 0 Å². The van der Waals surface area contributed by atoms with Gasteiger partial charge in [0.25, 0.3) is 0 Å². The van der Waals surface area contributed by atoms with Gasteiger partial charge in [0.05, 0.1) is 5.69 Å². The van der Waals surface area contributed by atoms with Crippen LogP contribution in [0.25, 0.3) is 0 Å². The zero-order valence-corrected chi connectivity index (χ0v) is 10.5. The van der Waals surface area contributed by atoms with Crippen molar-refractivity contribution in [2.45, 2.75) is 23.9 Å². The van der Waals surface area contributed by atoms with Crippen LogP contribution in [0, 0.1) is 5.82 Å². The van der Waals surface area contributed by atoms with Crippen LogP contribution in [-0.2, 0) is 4.79 Å². The Morgan fingerprint density at radius 3 is 1.74 bits per heavy atom. The molecule has 1 rings (SSSR count). The number of hydrogen-bond acceptors (Lipinski definition) is 1. The van der Waals surface area contributed by atoms with Crippen molar-refractivity contribution in [3.05, 3.63) is 30.1 Å². The number of halogens is 10. The average Bonchev–Trinajstić information content (AvgIpc) is 2.39. The van der Waals surface area contributed by atoms with Gasteiger partial charge < -0.3 is 5.32 Å². The fourth-order valence-corrected chi connectivity index (χ4v) is 1.28. The van der Waals surface area contributed by atoms with E-state index in [0.29, 0.717) is 12.1 Å². The number of nitrogens with one attached hydrogen (secondary N) is 1. The Bertz CT molecular complexity index is 595. The van der Waals surface area contributed by atoms with Crippen LogP contribution < -0.4 is 5.32 Å². The minimum Gasteiger partial charge on any atom is -0.318 e. The van der Waals surface area contributed by atoms with Gasteiger partial charge in [0.15, 0.2) is 0 Å². The standard InChI is InChI=1S/C11H5F10NO/c12-5-3-1-2-4-6(5)22-7(23)8(13,14)9(15,16)10(17,18)11(19,20)21/h1-4H,(H,22,23). The van der Waals surface area contributed by atoms with Crippen LogP contribution in [0.5, 0.6) is 0 Å². The summed E-state index contributed by atoms with van der Waals surface area (Å²) in [6.07, 6.45) is -7.04. The molecule has 0 fully saturated rings. The Morgan fingerprint density at radius 2 is 1.30 bits per heavy atom. The number of hydrogen-bond donors (Lipinski definition) is 1. The SMILES string of the molecule is O=C(Nc1ccccc1F)C(F)(F)C(F)(F)C(F)(F)C(F)(F)F. The second kappa shape index (κ2) is 5.57. The van der Waals surface area contributed by atoms with E-state index >= 15 is 0 Å². The summed E-state index contributed by atoms with van der Waals surface area (Å²) in [5.74, 6) is -25.4. The van der Waals surface area contributed by atoms with Gasteiger partial charge >= 0.3 is 29.9 Å². The largest absolute Gasteiger partial charge is 0.460 e. The van der Waals surface area contributed by atoms with Crippen molar-refractivity contribution < 1.29 is 48.7 Å². The number of alkyl halides is 9. The summed E-state index contributed by atoms with van der Waals surface area (Å²) in [6.45, 7) is 0. The first kappa shape index (κ1) is 19.0. The van der Waals surface area contributed by atoms with Crippen molar-refractivity contribution in [3.8, 4) is 0 Å². The smallest absolute Gasteiger partial charge is 0.318 e. The molecule has 0 heterocycles. The normalized spacial score (nSPS) is 13.8. The highest BCUT2D eigenvalue weighted by atomic mass is 19.4. The number of carbonyl (C=O) groups excluding carboxylic acids is 1. The van der Waals surface area contributed by atoms with Crippen molar-refractivity contribution >= 4 is 11.6 Å². The molecule has 130 valence electrons. The summed E-state index contributed by atoms with van der Waals surface area (Å²) in [4.78, 5) is 11.0. The summed E-state index contributed by atoms with van der Waals surface area (Å²) < 4.78 is 126. The Labute approximate surface area is 121 Å². The van der Waals surface area contributed by atoms with Gasteiger partial charge in [-0.25, -0.2) is 4.39 Å². The third-order valence-corrected chi connectivity index (χ3v) is 2.55. The first-order chi connectivity index (χ1) is 10.2. The zero-order chi connectivity index (χ0) is 18.3. The molecule has 0 aromatic heterocycles. The zero-order valence-electron chi connectivity index (χ0n) is 10.5. The summed E-state index contributed by atoms with van der Waals surface area (Å²) in [5.41, 5.74) is -1.11. The summed E-state index contributed by atoms with van der Waals surface area (Å²) in [7, 11) is 0. The highest BCUT2D eigenvalue weighted by Crippen LogP contribution is 2.53. The Kier molecular flexibility index (Phi) is 4.61. The second-order valence-corrected chi connectivity index (χ2v) is 4.15. The fourth-order valence-electron chi connectivity index (χ4n) is 1.28. The molecule has 23 heavy (non-hydrogen) atoms. The third kappa shape index (κ3) is 3.06. The van der Waals surface area contributed by atoms with Crippen LogP contribution in [0.1, 0.15) is 0 Å². The summed E-state index contributed by atoms with van der Waals surface area (Å²) in [5, 5.41) is 0.836.